The van der Waals surface area contributed by atoms with E-state index in [1.807, 2.05) is 0 Å². The van der Waals surface area contributed by atoms with E-state index in [9.17, 15) is 8.78 Å². The van der Waals surface area contributed by atoms with Crippen LogP contribution in [0.5, 0.6) is 0 Å². The van der Waals surface area contributed by atoms with Crippen LogP contribution in [0.25, 0.3) is 0 Å². The van der Waals surface area contributed by atoms with Crippen LogP contribution in [0, 0.1) is 11.6 Å². The van der Waals surface area contributed by atoms with Gasteiger partial charge in [-0.3, -0.25) is 0 Å². The van der Waals surface area contributed by atoms with Crippen molar-refractivity contribution in [1.29, 1.82) is 0 Å². The Balaban J connectivity index is 2.53. The van der Waals surface area contributed by atoms with E-state index in [0.717, 1.165) is 18.6 Å². The van der Waals surface area contributed by atoms with Gasteiger partial charge in [0, 0.05) is 18.1 Å². The maximum absolute atomic E-state index is 12.6. The normalized spacial score (nSPS) is 10.1. The summed E-state index contributed by atoms with van der Waals surface area (Å²) in [4.78, 5) is 0. The Kier molecular flexibility index (Phi) is 3.96. The van der Waals surface area contributed by atoms with Crippen molar-refractivity contribution in [3.05, 3.63) is 29.8 Å². The van der Waals surface area contributed by atoms with Gasteiger partial charge in [-0.1, -0.05) is 0 Å². The molecule has 0 fully saturated rings. The summed E-state index contributed by atoms with van der Waals surface area (Å²) in [7, 11) is 0. The summed E-state index contributed by atoms with van der Waals surface area (Å²) >= 11 is 5.45. The number of alkyl halides is 1. The summed E-state index contributed by atoms with van der Waals surface area (Å²) < 4.78 is 25.1. The molecule has 1 aromatic rings. The second kappa shape index (κ2) is 5.02. The molecule has 4 heteroatoms. The molecule has 0 saturated heterocycles. The minimum atomic E-state index is -0.837. The third kappa shape index (κ3) is 3.19. The van der Waals surface area contributed by atoms with Gasteiger partial charge in [0.2, 0.25) is 0 Å². The van der Waals surface area contributed by atoms with Gasteiger partial charge >= 0.3 is 0 Å². The zero-order valence-electron chi connectivity index (χ0n) is 6.99. The summed E-state index contributed by atoms with van der Waals surface area (Å²) in [6.45, 7) is 0.661. The Morgan fingerprint density at radius 3 is 2.62 bits per heavy atom. The van der Waals surface area contributed by atoms with Crippen LogP contribution in [0.1, 0.15) is 6.42 Å². The Bertz CT molecular complexity index is 278. The molecule has 0 atom stereocenters. The molecule has 0 aromatic heterocycles. The first-order valence-electron chi connectivity index (χ1n) is 3.99. The molecular weight excluding hydrogens is 196 g/mol. The smallest absolute Gasteiger partial charge is 0.160 e. The largest absolute Gasteiger partial charge is 0.385 e. The van der Waals surface area contributed by atoms with Crippen LogP contribution in [0.4, 0.5) is 14.5 Å². The number of hydrogen-bond donors (Lipinski definition) is 1. The average Bonchev–Trinajstić information content (AvgIpc) is 2.12. The van der Waals surface area contributed by atoms with Crippen LogP contribution >= 0.6 is 11.6 Å². The van der Waals surface area contributed by atoms with Crippen LogP contribution < -0.4 is 5.32 Å². The van der Waals surface area contributed by atoms with E-state index in [1.54, 1.807) is 0 Å². The van der Waals surface area contributed by atoms with Crippen molar-refractivity contribution in [3.63, 3.8) is 0 Å². The third-order valence-electron chi connectivity index (χ3n) is 1.56. The average molecular weight is 206 g/mol. The van der Waals surface area contributed by atoms with E-state index < -0.39 is 11.6 Å². The highest BCUT2D eigenvalue weighted by molar-refractivity contribution is 6.17. The van der Waals surface area contributed by atoms with Gasteiger partial charge in [-0.25, -0.2) is 8.78 Å². The molecule has 72 valence electrons. The summed E-state index contributed by atoms with van der Waals surface area (Å²) in [5.74, 6) is -1.12. The summed E-state index contributed by atoms with van der Waals surface area (Å²) in [6.07, 6.45) is 0.792. The lowest BCUT2D eigenvalue weighted by atomic mass is 10.3. The van der Waals surface area contributed by atoms with Gasteiger partial charge in [0.1, 0.15) is 0 Å². The molecule has 1 rings (SSSR count). The first-order valence-corrected chi connectivity index (χ1v) is 4.52. The maximum Gasteiger partial charge on any atom is 0.160 e. The SMILES string of the molecule is Fc1ccc(NCCCCl)cc1F. The van der Waals surface area contributed by atoms with Gasteiger partial charge < -0.3 is 5.32 Å². The highest BCUT2D eigenvalue weighted by Crippen LogP contribution is 2.12. The lowest BCUT2D eigenvalue weighted by molar-refractivity contribution is 0.509. The fourth-order valence-electron chi connectivity index (χ4n) is 0.906. The zero-order valence-corrected chi connectivity index (χ0v) is 7.74. The van der Waals surface area contributed by atoms with Crippen LogP contribution in [0.3, 0.4) is 0 Å². The van der Waals surface area contributed by atoms with E-state index in [1.165, 1.54) is 6.07 Å². The molecule has 1 nitrogen and oxygen atoms in total. The Hall–Kier alpha value is -0.830. The highest BCUT2D eigenvalue weighted by atomic mass is 35.5. The minimum absolute atomic E-state index is 0.552. The van der Waals surface area contributed by atoms with Crippen molar-refractivity contribution < 1.29 is 8.78 Å². The van der Waals surface area contributed by atoms with E-state index in [-0.39, 0.29) is 0 Å². The molecule has 0 aliphatic heterocycles. The highest BCUT2D eigenvalue weighted by Gasteiger charge is 2.00. The van der Waals surface area contributed by atoms with Crippen LogP contribution in [0.2, 0.25) is 0 Å². The topological polar surface area (TPSA) is 12.0 Å². The van der Waals surface area contributed by atoms with Crippen LogP contribution in [0.15, 0.2) is 18.2 Å². The molecule has 1 N–H and O–H groups in total. The quantitative estimate of drug-likeness (QED) is 0.589. The van der Waals surface area contributed by atoms with Crippen molar-refractivity contribution in [2.24, 2.45) is 0 Å². The molecule has 1 aromatic carbocycles. The van der Waals surface area contributed by atoms with E-state index in [0.29, 0.717) is 18.1 Å². The molecular formula is C9H10ClF2N. The number of halogens is 3. The molecule has 0 radical (unpaired) electrons. The number of benzene rings is 1. The molecule has 0 heterocycles. The van der Waals surface area contributed by atoms with Crippen molar-refractivity contribution in [3.8, 4) is 0 Å². The molecule has 0 saturated carbocycles. The van der Waals surface area contributed by atoms with Gasteiger partial charge in [-0.05, 0) is 24.6 Å². The van der Waals surface area contributed by atoms with Crippen LogP contribution in [-0.2, 0) is 0 Å². The summed E-state index contributed by atoms with van der Waals surface area (Å²) in [5, 5.41) is 2.92. The molecule has 0 bridgehead atoms. The minimum Gasteiger partial charge on any atom is -0.385 e. The number of nitrogens with one attached hydrogen (secondary N) is 1. The van der Waals surface area contributed by atoms with Crippen molar-refractivity contribution in [1.82, 2.24) is 0 Å². The fraction of sp³-hybridized carbons (Fsp3) is 0.333. The monoisotopic (exact) mass is 205 g/mol. The van der Waals surface area contributed by atoms with Gasteiger partial charge in [-0.2, -0.15) is 0 Å². The van der Waals surface area contributed by atoms with Gasteiger partial charge in [0.05, 0.1) is 0 Å². The van der Waals surface area contributed by atoms with Crippen molar-refractivity contribution in [2.75, 3.05) is 17.7 Å². The molecule has 13 heavy (non-hydrogen) atoms. The Morgan fingerprint density at radius 2 is 2.00 bits per heavy atom. The molecule has 0 unspecified atom stereocenters. The predicted octanol–water partition coefficient (Wildman–Crippen LogP) is 3.01. The molecule has 0 aliphatic carbocycles. The standard InChI is InChI=1S/C9H10ClF2N/c10-4-1-5-13-7-2-3-8(11)9(12)6-7/h2-3,6,13H,1,4-5H2. The molecule has 0 spiro atoms. The lowest BCUT2D eigenvalue weighted by Gasteiger charge is -2.04. The van der Waals surface area contributed by atoms with Gasteiger partial charge in [-0.15, -0.1) is 11.6 Å². The lowest BCUT2D eigenvalue weighted by Crippen LogP contribution is -2.02. The second-order valence-corrected chi connectivity index (χ2v) is 2.98. The first-order chi connectivity index (χ1) is 6.24. The first kappa shape index (κ1) is 10.3. The zero-order chi connectivity index (χ0) is 9.68. The van der Waals surface area contributed by atoms with Crippen molar-refractivity contribution in [2.45, 2.75) is 6.42 Å². The Morgan fingerprint density at radius 1 is 1.23 bits per heavy atom. The molecule has 0 amide bonds. The van der Waals surface area contributed by atoms with E-state index in [2.05, 4.69) is 5.32 Å². The van der Waals surface area contributed by atoms with Gasteiger partial charge in [0.25, 0.3) is 0 Å². The third-order valence-corrected chi connectivity index (χ3v) is 1.83. The maximum atomic E-state index is 12.6. The summed E-state index contributed by atoms with van der Waals surface area (Å²) in [6, 6.07) is 3.72. The van der Waals surface area contributed by atoms with Gasteiger partial charge in [0.15, 0.2) is 11.6 Å². The number of anilines is 1. The van der Waals surface area contributed by atoms with Crippen molar-refractivity contribution >= 4 is 17.3 Å². The number of rotatable bonds is 4. The summed E-state index contributed by atoms with van der Waals surface area (Å²) in [5.41, 5.74) is 0.573. The van der Waals surface area contributed by atoms with E-state index >= 15 is 0 Å². The number of hydrogen-bond acceptors (Lipinski definition) is 1. The Labute approximate surface area is 80.7 Å². The van der Waals surface area contributed by atoms with E-state index in [4.69, 9.17) is 11.6 Å². The molecule has 0 aliphatic rings. The second-order valence-electron chi connectivity index (χ2n) is 2.60. The predicted molar refractivity (Wildman–Crippen MR) is 50.2 cm³/mol. The van der Waals surface area contributed by atoms with Crippen LogP contribution in [-0.4, -0.2) is 12.4 Å². The fourth-order valence-corrected chi connectivity index (χ4v) is 1.04.